The van der Waals surface area contributed by atoms with E-state index in [0.717, 1.165) is 5.56 Å². The number of aryl methyl sites for hydroxylation is 1. The molecule has 0 atom stereocenters. The Morgan fingerprint density at radius 3 is 2.44 bits per heavy atom. The molecule has 3 rings (SSSR count). The molecule has 27 heavy (non-hydrogen) atoms. The minimum absolute atomic E-state index is 0.308. The quantitative estimate of drug-likeness (QED) is 0.648. The van der Waals surface area contributed by atoms with E-state index in [1.165, 1.54) is 12.1 Å². The van der Waals surface area contributed by atoms with E-state index in [2.05, 4.69) is 20.6 Å². The Labute approximate surface area is 157 Å². The van der Waals surface area contributed by atoms with Crippen LogP contribution in [0.5, 0.6) is 11.5 Å². The third-order valence-electron chi connectivity index (χ3n) is 3.86. The molecule has 0 amide bonds. The number of nitrogens with one attached hydrogen (secondary N) is 2. The topological polar surface area (TPSA) is 68.3 Å². The molecule has 0 unspecified atom stereocenters. The molecule has 0 aliphatic heterocycles. The molecular formula is C20H21FN4O2. The molecule has 3 aromatic rings. The van der Waals surface area contributed by atoms with Gasteiger partial charge >= 0.3 is 0 Å². The van der Waals surface area contributed by atoms with Crippen molar-refractivity contribution >= 4 is 17.3 Å². The van der Waals surface area contributed by atoms with Gasteiger partial charge in [-0.2, -0.15) is 0 Å². The summed E-state index contributed by atoms with van der Waals surface area (Å²) < 4.78 is 23.9. The first-order valence-electron chi connectivity index (χ1n) is 8.40. The highest BCUT2D eigenvalue weighted by atomic mass is 19.1. The molecule has 0 bridgehead atoms. The smallest absolute Gasteiger partial charge is 0.161 e. The number of anilines is 3. The number of aromatic nitrogens is 2. The lowest BCUT2D eigenvalue weighted by Gasteiger charge is -2.12. The van der Waals surface area contributed by atoms with Crippen molar-refractivity contribution in [3.63, 3.8) is 0 Å². The first-order valence-corrected chi connectivity index (χ1v) is 8.40. The van der Waals surface area contributed by atoms with Gasteiger partial charge < -0.3 is 20.1 Å². The van der Waals surface area contributed by atoms with E-state index in [1.807, 2.05) is 18.2 Å². The Balaban J connectivity index is 1.73. The molecule has 6 nitrogen and oxygen atoms in total. The van der Waals surface area contributed by atoms with Gasteiger partial charge in [0.1, 0.15) is 23.3 Å². The van der Waals surface area contributed by atoms with Crippen LogP contribution in [0.2, 0.25) is 0 Å². The molecule has 2 N–H and O–H groups in total. The van der Waals surface area contributed by atoms with Crippen LogP contribution in [0.3, 0.4) is 0 Å². The lowest BCUT2D eigenvalue weighted by Crippen LogP contribution is -2.05. The average Bonchev–Trinajstić information content (AvgIpc) is 2.65. The molecule has 1 heterocycles. The van der Waals surface area contributed by atoms with Gasteiger partial charge in [-0.1, -0.05) is 12.1 Å². The van der Waals surface area contributed by atoms with Crippen LogP contribution in [-0.2, 0) is 6.54 Å². The number of methoxy groups -OCH3 is 2. The van der Waals surface area contributed by atoms with Gasteiger partial charge in [0, 0.05) is 18.3 Å². The Kier molecular flexibility index (Phi) is 5.71. The molecule has 1 aromatic heterocycles. The number of ether oxygens (including phenoxy) is 2. The SMILES string of the molecule is COc1ccc(CNc2cc(Nc3cccc(F)c3)nc(C)n2)cc1OC. The Morgan fingerprint density at radius 1 is 0.926 bits per heavy atom. The Hall–Kier alpha value is -3.35. The summed E-state index contributed by atoms with van der Waals surface area (Å²) in [4.78, 5) is 8.73. The normalized spacial score (nSPS) is 10.4. The molecule has 0 aliphatic rings. The highest BCUT2D eigenvalue weighted by Gasteiger charge is 2.06. The number of hydrogen-bond acceptors (Lipinski definition) is 6. The summed E-state index contributed by atoms with van der Waals surface area (Å²) >= 11 is 0. The maximum absolute atomic E-state index is 13.3. The maximum atomic E-state index is 13.3. The molecule has 0 saturated heterocycles. The predicted octanol–water partition coefficient (Wildman–Crippen LogP) is 4.30. The fraction of sp³-hybridized carbons (Fsp3) is 0.200. The van der Waals surface area contributed by atoms with Gasteiger partial charge in [-0.3, -0.25) is 0 Å². The number of halogens is 1. The van der Waals surface area contributed by atoms with Crippen LogP contribution < -0.4 is 20.1 Å². The van der Waals surface area contributed by atoms with E-state index in [1.54, 1.807) is 39.3 Å². The van der Waals surface area contributed by atoms with Crippen LogP contribution in [0.25, 0.3) is 0 Å². The molecule has 140 valence electrons. The summed E-state index contributed by atoms with van der Waals surface area (Å²) in [6, 6.07) is 13.7. The summed E-state index contributed by atoms with van der Waals surface area (Å²) in [6.07, 6.45) is 0. The fourth-order valence-corrected chi connectivity index (χ4v) is 2.62. The minimum Gasteiger partial charge on any atom is -0.493 e. The zero-order valence-electron chi connectivity index (χ0n) is 15.4. The predicted molar refractivity (Wildman–Crippen MR) is 103 cm³/mol. The Morgan fingerprint density at radius 2 is 1.70 bits per heavy atom. The van der Waals surface area contributed by atoms with Crippen molar-refractivity contribution in [1.82, 2.24) is 9.97 Å². The second kappa shape index (κ2) is 8.35. The summed E-state index contributed by atoms with van der Waals surface area (Å²) in [5.41, 5.74) is 1.64. The van der Waals surface area contributed by atoms with E-state index in [9.17, 15) is 4.39 Å². The molecular weight excluding hydrogens is 347 g/mol. The van der Waals surface area contributed by atoms with Crippen molar-refractivity contribution in [3.8, 4) is 11.5 Å². The molecule has 0 saturated carbocycles. The standard InChI is InChI=1S/C20H21FN4O2/c1-13-23-19(11-20(24-13)25-16-6-4-5-15(21)10-16)22-12-14-7-8-17(26-2)18(9-14)27-3/h4-11H,12H2,1-3H3,(H2,22,23,24,25). The number of nitrogens with zero attached hydrogens (tertiary/aromatic N) is 2. The lowest BCUT2D eigenvalue weighted by molar-refractivity contribution is 0.354. The number of rotatable bonds is 7. The van der Waals surface area contributed by atoms with E-state index < -0.39 is 0 Å². The van der Waals surface area contributed by atoms with Crippen molar-refractivity contribution in [3.05, 3.63) is 65.7 Å². The van der Waals surface area contributed by atoms with E-state index in [4.69, 9.17) is 9.47 Å². The molecule has 2 aromatic carbocycles. The van der Waals surface area contributed by atoms with Crippen molar-refractivity contribution in [2.75, 3.05) is 24.9 Å². The summed E-state index contributed by atoms with van der Waals surface area (Å²) in [5.74, 6) is 2.90. The molecule has 0 radical (unpaired) electrons. The van der Waals surface area contributed by atoms with Crippen molar-refractivity contribution < 1.29 is 13.9 Å². The van der Waals surface area contributed by atoms with Gasteiger partial charge in [0.05, 0.1) is 14.2 Å². The fourth-order valence-electron chi connectivity index (χ4n) is 2.62. The van der Waals surface area contributed by atoms with E-state index >= 15 is 0 Å². The second-order valence-electron chi connectivity index (χ2n) is 5.86. The van der Waals surface area contributed by atoms with Crippen molar-refractivity contribution in [1.29, 1.82) is 0 Å². The van der Waals surface area contributed by atoms with Crippen LogP contribution in [0.1, 0.15) is 11.4 Å². The highest BCUT2D eigenvalue weighted by molar-refractivity contribution is 5.59. The van der Waals surface area contributed by atoms with E-state index in [0.29, 0.717) is 41.2 Å². The van der Waals surface area contributed by atoms with Crippen LogP contribution in [0.15, 0.2) is 48.5 Å². The van der Waals surface area contributed by atoms with Crippen LogP contribution >= 0.6 is 0 Å². The first kappa shape index (κ1) is 18.4. The Bertz CT molecular complexity index is 934. The monoisotopic (exact) mass is 368 g/mol. The highest BCUT2D eigenvalue weighted by Crippen LogP contribution is 2.28. The summed E-state index contributed by atoms with van der Waals surface area (Å²) in [6.45, 7) is 2.36. The number of hydrogen-bond donors (Lipinski definition) is 2. The van der Waals surface area contributed by atoms with Crippen LogP contribution in [0.4, 0.5) is 21.7 Å². The maximum Gasteiger partial charge on any atom is 0.161 e. The zero-order chi connectivity index (χ0) is 19.2. The average molecular weight is 368 g/mol. The summed E-state index contributed by atoms with van der Waals surface area (Å²) in [7, 11) is 3.21. The largest absolute Gasteiger partial charge is 0.493 e. The van der Waals surface area contributed by atoms with E-state index in [-0.39, 0.29) is 5.82 Å². The third-order valence-corrected chi connectivity index (χ3v) is 3.86. The molecule has 0 spiro atoms. The van der Waals surface area contributed by atoms with Gasteiger partial charge in [-0.15, -0.1) is 0 Å². The molecule has 0 aliphatic carbocycles. The molecule has 0 fully saturated rings. The summed E-state index contributed by atoms with van der Waals surface area (Å²) in [5, 5.41) is 6.36. The van der Waals surface area contributed by atoms with Gasteiger partial charge in [0.2, 0.25) is 0 Å². The first-order chi connectivity index (χ1) is 13.1. The lowest BCUT2D eigenvalue weighted by atomic mass is 10.2. The third kappa shape index (κ3) is 4.84. The van der Waals surface area contributed by atoms with Crippen LogP contribution in [0, 0.1) is 12.7 Å². The van der Waals surface area contributed by atoms with Crippen molar-refractivity contribution in [2.24, 2.45) is 0 Å². The van der Waals surface area contributed by atoms with Crippen LogP contribution in [-0.4, -0.2) is 24.2 Å². The van der Waals surface area contributed by atoms with Gasteiger partial charge in [-0.25, -0.2) is 14.4 Å². The van der Waals surface area contributed by atoms with Gasteiger partial charge in [-0.05, 0) is 42.8 Å². The zero-order valence-corrected chi connectivity index (χ0v) is 15.4. The van der Waals surface area contributed by atoms with Crippen molar-refractivity contribution in [2.45, 2.75) is 13.5 Å². The van der Waals surface area contributed by atoms with Gasteiger partial charge in [0.15, 0.2) is 11.5 Å². The second-order valence-corrected chi connectivity index (χ2v) is 5.86. The van der Waals surface area contributed by atoms with Gasteiger partial charge in [0.25, 0.3) is 0 Å². The number of benzene rings is 2. The minimum atomic E-state index is -0.308. The molecule has 7 heteroatoms.